The Morgan fingerprint density at radius 1 is 1.44 bits per heavy atom. The third kappa shape index (κ3) is 3.69. The summed E-state index contributed by atoms with van der Waals surface area (Å²) in [6.45, 7) is 1.20. The summed E-state index contributed by atoms with van der Waals surface area (Å²) in [6.07, 6.45) is 5.84. The third-order valence-corrected chi connectivity index (χ3v) is 3.13. The van der Waals surface area contributed by atoms with Crippen LogP contribution in [0.3, 0.4) is 0 Å². The molecule has 0 aromatic heterocycles. The molecule has 1 fully saturated rings. The zero-order chi connectivity index (χ0) is 11.4. The van der Waals surface area contributed by atoms with Crippen molar-refractivity contribution in [3.8, 4) is 11.5 Å². The first kappa shape index (κ1) is 11.7. The molecule has 3 rings (SSSR count). The number of benzene rings is 1. The molecule has 16 heavy (non-hydrogen) atoms. The molecule has 0 saturated heterocycles. The van der Waals surface area contributed by atoms with Crippen molar-refractivity contribution in [2.24, 2.45) is 5.92 Å². The molecule has 1 aromatic carbocycles. The lowest BCUT2D eigenvalue weighted by molar-refractivity contribution is 0.631. The lowest BCUT2D eigenvalue weighted by Gasteiger charge is -1.94. The van der Waals surface area contributed by atoms with Crippen LogP contribution in [-0.2, 0) is 0 Å². The van der Waals surface area contributed by atoms with Gasteiger partial charge >= 0.3 is 0 Å². The maximum atomic E-state index is 5.64. The van der Waals surface area contributed by atoms with E-state index in [1.807, 2.05) is 25.2 Å². The SMILES string of the molecule is CNCCCC1CC1.Clc1cccc2c1O2. The molecule has 2 nitrogen and oxygen atoms in total. The van der Waals surface area contributed by atoms with Gasteiger partial charge in [-0.3, -0.25) is 0 Å². The van der Waals surface area contributed by atoms with Gasteiger partial charge in [-0.2, -0.15) is 0 Å². The van der Waals surface area contributed by atoms with Crippen molar-refractivity contribution in [3.05, 3.63) is 23.2 Å². The second kappa shape index (κ2) is 5.55. The van der Waals surface area contributed by atoms with E-state index in [9.17, 15) is 0 Å². The lowest BCUT2D eigenvalue weighted by Crippen LogP contribution is -2.07. The summed E-state index contributed by atoms with van der Waals surface area (Å²) in [4.78, 5) is 0. The molecule has 1 aliphatic heterocycles. The van der Waals surface area contributed by atoms with Gasteiger partial charge in [0.1, 0.15) is 0 Å². The Morgan fingerprint density at radius 2 is 2.25 bits per heavy atom. The Morgan fingerprint density at radius 3 is 2.81 bits per heavy atom. The Hall–Kier alpha value is -0.730. The normalized spacial score (nSPS) is 15.6. The number of rotatable bonds is 4. The van der Waals surface area contributed by atoms with Crippen molar-refractivity contribution in [1.29, 1.82) is 0 Å². The Bertz CT molecular complexity index is 350. The summed E-state index contributed by atoms with van der Waals surface area (Å²) in [6, 6.07) is 5.57. The number of nitrogens with one attached hydrogen (secondary N) is 1. The monoisotopic (exact) mass is 239 g/mol. The lowest BCUT2D eigenvalue weighted by atomic mass is 10.2. The average Bonchev–Trinajstić information content (AvgIpc) is 3.14. The molecule has 0 bridgehead atoms. The van der Waals surface area contributed by atoms with E-state index >= 15 is 0 Å². The number of hydrogen-bond donors (Lipinski definition) is 1. The zero-order valence-electron chi connectivity index (χ0n) is 9.63. The van der Waals surface area contributed by atoms with Crippen LogP contribution in [0.5, 0.6) is 11.5 Å². The minimum absolute atomic E-state index is 0.711. The van der Waals surface area contributed by atoms with Gasteiger partial charge in [-0.05, 0) is 44.5 Å². The van der Waals surface area contributed by atoms with Crippen LogP contribution in [0, 0.1) is 5.92 Å². The van der Waals surface area contributed by atoms with E-state index in [0.717, 1.165) is 17.4 Å². The Labute approximate surface area is 102 Å². The van der Waals surface area contributed by atoms with Crippen molar-refractivity contribution < 1.29 is 4.74 Å². The van der Waals surface area contributed by atoms with Gasteiger partial charge in [-0.1, -0.05) is 30.5 Å². The molecular formula is C13H18ClNO. The van der Waals surface area contributed by atoms with Gasteiger partial charge in [0, 0.05) is 0 Å². The van der Waals surface area contributed by atoms with Crippen LogP contribution in [-0.4, -0.2) is 13.6 Å². The van der Waals surface area contributed by atoms with Crippen LogP contribution >= 0.6 is 11.6 Å². The first-order chi connectivity index (χ1) is 7.81. The second-order valence-corrected chi connectivity index (χ2v) is 4.77. The van der Waals surface area contributed by atoms with E-state index in [1.54, 1.807) is 0 Å². The Balaban J connectivity index is 0.000000120. The standard InChI is InChI=1S/C7H15N.C6H3ClO/c1-8-6-2-3-7-4-5-7;7-4-2-1-3-5-6(4)8-5/h7-8H,2-6H2,1H3;1-3H. The summed E-state index contributed by atoms with van der Waals surface area (Å²) in [7, 11) is 2.02. The molecule has 0 amide bonds. The van der Waals surface area contributed by atoms with Gasteiger partial charge in [0.25, 0.3) is 0 Å². The van der Waals surface area contributed by atoms with Gasteiger partial charge in [-0.25, -0.2) is 0 Å². The fourth-order valence-corrected chi connectivity index (χ4v) is 1.83. The maximum absolute atomic E-state index is 5.64. The molecule has 1 saturated carbocycles. The Kier molecular flexibility index (Phi) is 4.08. The maximum Gasteiger partial charge on any atom is 0.188 e. The molecule has 1 aliphatic carbocycles. The summed E-state index contributed by atoms with van der Waals surface area (Å²) in [5.74, 6) is 2.87. The van der Waals surface area contributed by atoms with Crippen LogP contribution in [0.1, 0.15) is 25.7 Å². The molecule has 0 atom stereocenters. The van der Waals surface area contributed by atoms with Crippen LogP contribution < -0.4 is 10.1 Å². The van der Waals surface area contributed by atoms with Gasteiger partial charge in [0.15, 0.2) is 11.5 Å². The minimum Gasteiger partial charge on any atom is -0.448 e. The molecule has 0 spiro atoms. The van der Waals surface area contributed by atoms with Gasteiger partial charge < -0.3 is 10.1 Å². The summed E-state index contributed by atoms with van der Waals surface area (Å²) in [5.41, 5.74) is 0. The highest BCUT2D eigenvalue weighted by Crippen LogP contribution is 2.49. The van der Waals surface area contributed by atoms with Crippen molar-refractivity contribution in [1.82, 2.24) is 5.32 Å². The molecule has 1 heterocycles. The van der Waals surface area contributed by atoms with E-state index in [0.29, 0.717) is 5.02 Å². The smallest absolute Gasteiger partial charge is 0.188 e. The van der Waals surface area contributed by atoms with E-state index in [2.05, 4.69) is 5.32 Å². The molecule has 3 heteroatoms. The molecular weight excluding hydrogens is 222 g/mol. The quantitative estimate of drug-likeness (QED) is 0.648. The number of halogens is 1. The van der Waals surface area contributed by atoms with Crippen molar-refractivity contribution >= 4 is 11.6 Å². The molecule has 2 aliphatic rings. The molecule has 1 N–H and O–H groups in total. The largest absolute Gasteiger partial charge is 0.448 e. The topological polar surface area (TPSA) is 24.6 Å². The summed E-state index contributed by atoms with van der Waals surface area (Å²) < 4.78 is 4.94. The second-order valence-electron chi connectivity index (χ2n) is 4.36. The van der Waals surface area contributed by atoms with E-state index in [1.165, 1.54) is 32.2 Å². The number of hydrogen-bond acceptors (Lipinski definition) is 2. The minimum atomic E-state index is 0.711. The molecule has 0 radical (unpaired) electrons. The highest BCUT2D eigenvalue weighted by atomic mass is 35.5. The highest BCUT2D eigenvalue weighted by Gasteiger charge is 2.22. The van der Waals surface area contributed by atoms with Crippen molar-refractivity contribution in [2.75, 3.05) is 13.6 Å². The van der Waals surface area contributed by atoms with E-state index in [4.69, 9.17) is 16.3 Å². The number of para-hydroxylation sites is 1. The van der Waals surface area contributed by atoms with Crippen LogP contribution in [0.25, 0.3) is 0 Å². The van der Waals surface area contributed by atoms with Crippen LogP contribution in [0.15, 0.2) is 18.2 Å². The molecule has 1 aromatic rings. The van der Waals surface area contributed by atoms with Gasteiger partial charge in [0.2, 0.25) is 0 Å². The predicted molar refractivity (Wildman–Crippen MR) is 67.4 cm³/mol. The molecule has 88 valence electrons. The summed E-state index contributed by atoms with van der Waals surface area (Å²) >= 11 is 5.64. The summed E-state index contributed by atoms with van der Waals surface area (Å²) in [5, 5.41) is 3.86. The van der Waals surface area contributed by atoms with Crippen molar-refractivity contribution in [3.63, 3.8) is 0 Å². The fraction of sp³-hybridized carbons (Fsp3) is 0.538. The third-order valence-electron chi connectivity index (χ3n) is 2.84. The molecule has 0 unspecified atom stereocenters. The highest BCUT2D eigenvalue weighted by molar-refractivity contribution is 6.32. The van der Waals surface area contributed by atoms with E-state index in [-0.39, 0.29) is 0 Å². The van der Waals surface area contributed by atoms with Crippen LogP contribution in [0.4, 0.5) is 0 Å². The van der Waals surface area contributed by atoms with E-state index < -0.39 is 0 Å². The average molecular weight is 240 g/mol. The van der Waals surface area contributed by atoms with Crippen LogP contribution in [0.2, 0.25) is 5.02 Å². The first-order valence-electron chi connectivity index (χ1n) is 5.92. The predicted octanol–water partition coefficient (Wildman–Crippen LogP) is 3.84. The first-order valence-corrected chi connectivity index (χ1v) is 6.30. The number of fused-ring (bicyclic) bond motifs is 1. The zero-order valence-corrected chi connectivity index (χ0v) is 10.4. The van der Waals surface area contributed by atoms with Gasteiger partial charge in [0.05, 0.1) is 5.02 Å². The van der Waals surface area contributed by atoms with Gasteiger partial charge in [-0.15, -0.1) is 0 Å². The van der Waals surface area contributed by atoms with Crippen molar-refractivity contribution in [2.45, 2.75) is 25.7 Å². The fourth-order valence-electron chi connectivity index (χ4n) is 1.63. The number of ether oxygens (including phenoxy) is 1.